The third-order valence-electron chi connectivity index (χ3n) is 4.76. The molecule has 0 saturated carbocycles. The zero-order valence-corrected chi connectivity index (χ0v) is 16.3. The maximum Gasteiger partial charge on any atom is 0.278 e. The van der Waals surface area contributed by atoms with Crippen LogP contribution in [0, 0.1) is 0 Å². The minimum Gasteiger partial charge on any atom is -0.324 e. The van der Waals surface area contributed by atoms with Gasteiger partial charge in [-0.2, -0.15) is 4.31 Å². The molecule has 0 bridgehead atoms. The second-order valence-electron chi connectivity index (χ2n) is 6.75. The number of anilines is 1. The Bertz CT molecular complexity index is 1220. The molecule has 29 heavy (non-hydrogen) atoms. The molecule has 0 aliphatic carbocycles. The molecule has 1 N–H and O–H groups in total. The second kappa shape index (κ2) is 7.72. The first-order chi connectivity index (χ1) is 13.9. The fourth-order valence-electron chi connectivity index (χ4n) is 3.25. The molecule has 2 aromatic carbocycles. The van der Waals surface area contributed by atoms with Crippen LogP contribution in [0.2, 0.25) is 0 Å². The minimum absolute atomic E-state index is 0.189. The van der Waals surface area contributed by atoms with Crippen molar-refractivity contribution in [1.82, 2.24) is 19.3 Å². The molecule has 9 nitrogen and oxygen atoms in total. The van der Waals surface area contributed by atoms with Gasteiger partial charge in [0.15, 0.2) is 0 Å². The number of hydrogen-bond donors (Lipinski definition) is 1. The monoisotopic (exact) mass is 413 g/mol. The van der Waals surface area contributed by atoms with Crippen molar-refractivity contribution in [3.8, 4) is 0 Å². The van der Waals surface area contributed by atoms with E-state index in [9.17, 15) is 18.0 Å². The molecule has 1 aliphatic rings. The normalized spacial score (nSPS) is 14.9. The molecule has 2 heterocycles. The quantitative estimate of drug-likeness (QED) is 0.673. The summed E-state index contributed by atoms with van der Waals surface area (Å²) in [7, 11) is -3.50. The van der Waals surface area contributed by atoms with Gasteiger partial charge in [0, 0.05) is 18.8 Å². The van der Waals surface area contributed by atoms with Crippen molar-refractivity contribution in [2.45, 2.75) is 24.3 Å². The average molecular weight is 413 g/mol. The number of fused-ring (bicyclic) bond motifs is 1. The largest absolute Gasteiger partial charge is 0.324 e. The van der Waals surface area contributed by atoms with E-state index in [2.05, 4.69) is 15.6 Å². The summed E-state index contributed by atoms with van der Waals surface area (Å²) in [6.45, 7) is 0.759. The summed E-state index contributed by atoms with van der Waals surface area (Å²) >= 11 is 0. The summed E-state index contributed by atoms with van der Waals surface area (Å²) in [6, 6.07) is 12.7. The van der Waals surface area contributed by atoms with Gasteiger partial charge in [-0.15, -0.1) is 5.10 Å². The first-order valence-corrected chi connectivity index (χ1v) is 10.6. The smallest absolute Gasteiger partial charge is 0.278 e. The number of nitrogens with zero attached hydrogens (tertiary/aromatic N) is 4. The van der Waals surface area contributed by atoms with E-state index in [1.807, 2.05) is 0 Å². The Kier molecular flexibility index (Phi) is 5.12. The number of benzene rings is 2. The SMILES string of the molecule is O=C(Cn1nnc2ccccc2c1=O)Nc1ccc(S(=O)(=O)N2CCCC2)cc1. The van der Waals surface area contributed by atoms with Crippen molar-refractivity contribution < 1.29 is 13.2 Å². The zero-order valence-electron chi connectivity index (χ0n) is 15.5. The van der Waals surface area contributed by atoms with Crippen LogP contribution >= 0.6 is 0 Å². The predicted octanol–water partition coefficient (Wildman–Crippen LogP) is 1.21. The van der Waals surface area contributed by atoms with Crippen LogP contribution in [0.3, 0.4) is 0 Å². The third-order valence-corrected chi connectivity index (χ3v) is 6.68. The Balaban J connectivity index is 1.46. The van der Waals surface area contributed by atoms with Crippen LogP contribution in [-0.2, 0) is 21.4 Å². The predicted molar refractivity (Wildman–Crippen MR) is 107 cm³/mol. The van der Waals surface area contributed by atoms with Crippen LogP contribution in [0.5, 0.6) is 0 Å². The van der Waals surface area contributed by atoms with Crippen molar-refractivity contribution in [1.29, 1.82) is 0 Å². The van der Waals surface area contributed by atoms with Crippen LogP contribution in [0.15, 0.2) is 58.2 Å². The molecule has 3 aromatic rings. The number of sulfonamides is 1. The van der Waals surface area contributed by atoms with E-state index in [0.717, 1.165) is 17.5 Å². The Morgan fingerprint density at radius 3 is 2.45 bits per heavy atom. The first-order valence-electron chi connectivity index (χ1n) is 9.18. The lowest BCUT2D eigenvalue weighted by Gasteiger charge is -2.15. The number of carbonyl (C=O) groups is 1. The van der Waals surface area contributed by atoms with Gasteiger partial charge in [0.1, 0.15) is 12.1 Å². The fourth-order valence-corrected chi connectivity index (χ4v) is 4.77. The zero-order chi connectivity index (χ0) is 20.4. The van der Waals surface area contributed by atoms with Crippen LogP contribution in [-0.4, -0.2) is 46.7 Å². The molecular weight excluding hydrogens is 394 g/mol. The highest BCUT2D eigenvalue weighted by molar-refractivity contribution is 7.89. The van der Waals surface area contributed by atoms with E-state index in [1.165, 1.54) is 28.6 Å². The lowest BCUT2D eigenvalue weighted by molar-refractivity contribution is -0.117. The van der Waals surface area contributed by atoms with Crippen LogP contribution in [0.4, 0.5) is 5.69 Å². The number of nitrogens with one attached hydrogen (secondary N) is 1. The van der Waals surface area contributed by atoms with E-state index >= 15 is 0 Å². The van der Waals surface area contributed by atoms with E-state index in [1.54, 1.807) is 24.3 Å². The summed E-state index contributed by atoms with van der Waals surface area (Å²) < 4.78 is 27.5. The van der Waals surface area contributed by atoms with Crippen LogP contribution in [0.1, 0.15) is 12.8 Å². The highest BCUT2D eigenvalue weighted by atomic mass is 32.2. The number of carbonyl (C=O) groups excluding carboxylic acids is 1. The van der Waals surface area contributed by atoms with Gasteiger partial charge in [0.25, 0.3) is 5.56 Å². The molecule has 1 amide bonds. The summed E-state index contributed by atoms with van der Waals surface area (Å²) in [5.41, 5.74) is 0.485. The third kappa shape index (κ3) is 3.89. The molecular formula is C19H19N5O4S. The van der Waals surface area contributed by atoms with Gasteiger partial charge in [-0.05, 0) is 49.2 Å². The highest BCUT2D eigenvalue weighted by Crippen LogP contribution is 2.22. The van der Waals surface area contributed by atoms with Crippen molar-refractivity contribution in [2.24, 2.45) is 0 Å². The van der Waals surface area contributed by atoms with Gasteiger partial charge in [0.2, 0.25) is 15.9 Å². The number of amides is 1. The topological polar surface area (TPSA) is 114 Å². The maximum atomic E-state index is 12.5. The molecule has 1 saturated heterocycles. The molecule has 150 valence electrons. The van der Waals surface area contributed by atoms with Crippen molar-refractivity contribution in [3.05, 3.63) is 58.9 Å². The molecule has 0 radical (unpaired) electrons. The lowest BCUT2D eigenvalue weighted by Crippen LogP contribution is -2.30. The number of hydrogen-bond acceptors (Lipinski definition) is 6. The van der Waals surface area contributed by atoms with Crippen molar-refractivity contribution >= 4 is 32.5 Å². The summed E-state index contributed by atoms with van der Waals surface area (Å²) in [5, 5.41) is 10.7. The van der Waals surface area contributed by atoms with Crippen molar-refractivity contribution in [3.63, 3.8) is 0 Å². The van der Waals surface area contributed by atoms with Crippen molar-refractivity contribution in [2.75, 3.05) is 18.4 Å². The average Bonchev–Trinajstić information content (AvgIpc) is 3.27. The first kappa shape index (κ1) is 19.2. The Hall–Kier alpha value is -3.11. The van der Waals surface area contributed by atoms with Crippen LogP contribution < -0.4 is 10.9 Å². The maximum absolute atomic E-state index is 12.5. The molecule has 10 heteroatoms. The van der Waals surface area contributed by atoms with Gasteiger partial charge in [-0.1, -0.05) is 17.3 Å². The van der Waals surface area contributed by atoms with Gasteiger partial charge in [-0.3, -0.25) is 9.59 Å². The molecule has 4 rings (SSSR count). The van der Waals surface area contributed by atoms with Gasteiger partial charge < -0.3 is 5.32 Å². The van der Waals surface area contributed by atoms with E-state index < -0.39 is 21.5 Å². The molecule has 1 fully saturated rings. The number of rotatable bonds is 5. The van der Waals surface area contributed by atoms with Gasteiger partial charge in [-0.25, -0.2) is 13.1 Å². The van der Waals surface area contributed by atoms with Gasteiger partial charge in [0.05, 0.1) is 10.3 Å². The molecule has 1 aromatic heterocycles. The van der Waals surface area contributed by atoms with E-state index in [4.69, 9.17) is 0 Å². The fraction of sp³-hybridized carbons (Fsp3) is 0.263. The Morgan fingerprint density at radius 2 is 1.72 bits per heavy atom. The second-order valence-corrected chi connectivity index (χ2v) is 8.69. The van der Waals surface area contributed by atoms with E-state index in [-0.39, 0.29) is 11.4 Å². The molecule has 0 spiro atoms. The summed E-state index contributed by atoms with van der Waals surface area (Å²) in [4.78, 5) is 24.9. The summed E-state index contributed by atoms with van der Waals surface area (Å²) in [6.07, 6.45) is 1.73. The molecule has 0 unspecified atom stereocenters. The summed E-state index contributed by atoms with van der Waals surface area (Å²) in [5.74, 6) is -0.466. The molecule has 0 atom stereocenters. The Labute approximate surface area is 167 Å². The highest BCUT2D eigenvalue weighted by Gasteiger charge is 2.26. The molecule has 1 aliphatic heterocycles. The number of aromatic nitrogens is 3. The van der Waals surface area contributed by atoms with Crippen LogP contribution in [0.25, 0.3) is 10.9 Å². The lowest BCUT2D eigenvalue weighted by atomic mass is 10.2. The Morgan fingerprint density at radius 1 is 1.03 bits per heavy atom. The minimum atomic E-state index is -3.50. The van der Waals surface area contributed by atoms with E-state index in [0.29, 0.717) is 29.7 Å². The van der Waals surface area contributed by atoms with Gasteiger partial charge >= 0.3 is 0 Å². The standard InChI is InChI=1S/C19H19N5O4S/c25-18(13-24-19(26)16-5-1-2-6-17(16)21-22-24)20-14-7-9-15(10-8-14)29(27,28)23-11-3-4-12-23/h1-2,5-10H,3-4,11-13H2,(H,20,25).